The number of nitrogens with one attached hydrogen (secondary N) is 1. The number of piperidine rings is 1. The Kier molecular flexibility index (Phi) is 7.78. The van der Waals surface area contributed by atoms with Gasteiger partial charge in [0.1, 0.15) is 0 Å². The van der Waals surface area contributed by atoms with E-state index in [4.69, 9.17) is 23.2 Å². The van der Waals surface area contributed by atoms with Gasteiger partial charge in [0, 0.05) is 23.0 Å². The fourth-order valence-electron chi connectivity index (χ4n) is 3.41. The van der Waals surface area contributed by atoms with Crippen molar-refractivity contribution >= 4 is 41.5 Å². The van der Waals surface area contributed by atoms with E-state index in [-0.39, 0.29) is 30.3 Å². The van der Waals surface area contributed by atoms with Crippen LogP contribution in [0, 0.1) is 5.92 Å². The van der Waals surface area contributed by atoms with Gasteiger partial charge in [0.05, 0.1) is 6.04 Å². The lowest BCUT2D eigenvalue weighted by Crippen LogP contribution is -2.41. The highest BCUT2D eigenvalue weighted by Crippen LogP contribution is 2.31. The molecule has 6 heteroatoms. The SMILES string of the molecule is CN(C(=O)C1CCNCC1)C(c1ccc(Cl)cc1)c1ccc(Cl)cc1.Cl. The van der Waals surface area contributed by atoms with Crippen LogP contribution in [0.3, 0.4) is 0 Å². The summed E-state index contributed by atoms with van der Waals surface area (Å²) in [5, 5.41) is 4.69. The molecule has 0 radical (unpaired) electrons. The van der Waals surface area contributed by atoms with Gasteiger partial charge in [0.2, 0.25) is 5.91 Å². The second-order valence-corrected chi connectivity index (χ2v) is 7.35. The Balaban J connectivity index is 0.00000243. The Labute approximate surface area is 171 Å². The molecule has 2 aromatic rings. The first-order valence-electron chi connectivity index (χ1n) is 8.54. The molecular formula is C20H23Cl3N2O. The maximum Gasteiger partial charge on any atom is 0.226 e. The van der Waals surface area contributed by atoms with Crippen molar-refractivity contribution in [2.75, 3.05) is 20.1 Å². The van der Waals surface area contributed by atoms with Crippen LogP contribution in [0.2, 0.25) is 10.0 Å². The number of nitrogens with zero attached hydrogens (tertiary/aromatic N) is 1. The van der Waals surface area contributed by atoms with Gasteiger partial charge in [-0.25, -0.2) is 0 Å². The third-order valence-corrected chi connectivity index (χ3v) is 5.30. The van der Waals surface area contributed by atoms with Crippen LogP contribution >= 0.6 is 35.6 Å². The van der Waals surface area contributed by atoms with E-state index in [1.165, 1.54) is 0 Å². The van der Waals surface area contributed by atoms with Crippen molar-refractivity contribution in [2.45, 2.75) is 18.9 Å². The molecule has 1 aliphatic heterocycles. The third-order valence-electron chi connectivity index (χ3n) is 4.79. The molecular weight excluding hydrogens is 391 g/mol. The standard InChI is InChI=1S/C20H22Cl2N2O.ClH/c1-24(20(25)16-10-12-23-13-11-16)19(14-2-6-17(21)7-3-14)15-4-8-18(22)9-5-15;/h2-9,16,19,23H,10-13H2,1H3;1H. The summed E-state index contributed by atoms with van der Waals surface area (Å²) in [7, 11) is 1.89. The van der Waals surface area contributed by atoms with Crippen LogP contribution in [0.4, 0.5) is 0 Å². The third kappa shape index (κ3) is 4.92. The lowest BCUT2D eigenvalue weighted by Gasteiger charge is -2.33. The Morgan fingerprint density at radius 1 is 0.962 bits per heavy atom. The summed E-state index contributed by atoms with van der Waals surface area (Å²) in [6.45, 7) is 1.80. The van der Waals surface area contributed by atoms with Crippen LogP contribution in [0.15, 0.2) is 48.5 Å². The first-order chi connectivity index (χ1) is 12.1. The highest BCUT2D eigenvalue weighted by molar-refractivity contribution is 6.30. The average Bonchev–Trinajstić information content (AvgIpc) is 2.65. The maximum absolute atomic E-state index is 13.1. The van der Waals surface area contributed by atoms with E-state index in [0.717, 1.165) is 37.1 Å². The summed E-state index contributed by atoms with van der Waals surface area (Å²) < 4.78 is 0. The molecule has 0 unspecified atom stereocenters. The van der Waals surface area contributed by atoms with E-state index in [2.05, 4.69) is 5.32 Å². The van der Waals surface area contributed by atoms with E-state index < -0.39 is 0 Å². The summed E-state index contributed by atoms with van der Waals surface area (Å²) >= 11 is 12.1. The minimum atomic E-state index is -0.156. The van der Waals surface area contributed by atoms with E-state index in [1.807, 2.05) is 60.5 Å². The molecule has 3 rings (SSSR count). The number of rotatable bonds is 4. The highest BCUT2D eigenvalue weighted by Gasteiger charge is 2.29. The average molecular weight is 414 g/mol. The van der Waals surface area contributed by atoms with Crippen LogP contribution in [-0.2, 0) is 4.79 Å². The van der Waals surface area contributed by atoms with Crippen LogP contribution in [0.1, 0.15) is 30.0 Å². The molecule has 3 nitrogen and oxygen atoms in total. The van der Waals surface area contributed by atoms with Crippen molar-refractivity contribution in [1.82, 2.24) is 10.2 Å². The van der Waals surface area contributed by atoms with Gasteiger partial charge in [-0.15, -0.1) is 12.4 Å². The summed E-state index contributed by atoms with van der Waals surface area (Å²) in [6, 6.07) is 15.2. The highest BCUT2D eigenvalue weighted by atomic mass is 35.5. The molecule has 0 aliphatic carbocycles. The van der Waals surface area contributed by atoms with Gasteiger partial charge in [-0.1, -0.05) is 47.5 Å². The zero-order chi connectivity index (χ0) is 17.8. The minimum Gasteiger partial charge on any atom is -0.334 e. The summed E-state index contributed by atoms with van der Waals surface area (Å²) in [4.78, 5) is 14.9. The minimum absolute atomic E-state index is 0. The first-order valence-corrected chi connectivity index (χ1v) is 9.30. The van der Waals surface area contributed by atoms with Gasteiger partial charge >= 0.3 is 0 Å². The second kappa shape index (κ2) is 9.61. The number of carbonyl (C=O) groups is 1. The Bertz CT molecular complexity index is 667. The monoisotopic (exact) mass is 412 g/mol. The van der Waals surface area contributed by atoms with E-state index in [9.17, 15) is 4.79 Å². The molecule has 0 saturated carbocycles. The van der Waals surface area contributed by atoms with Crippen molar-refractivity contribution < 1.29 is 4.79 Å². The van der Waals surface area contributed by atoms with Gasteiger partial charge in [0.15, 0.2) is 0 Å². The Hall–Kier alpha value is -1.26. The van der Waals surface area contributed by atoms with Crippen molar-refractivity contribution in [3.63, 3.8) is 0 Å². The van der Waals surface area contributed by atoms with Gasteiger partial charge < -0.3 is 10.2 Å². The van der Waals surface area contributed by atoms with Gasteiger partial charge in [-0.05, 0) is 61.3 Å². The molecule has 1 heterocycles. The van der Waals surface area contributed by atoms with E-state index in [1.54, 1.807) is 0 Å². The van der Waals surface area contributed by atoms with Crippen LogP contribution in [-0.4, -0.2) is 30.9 Å². The maximum atomic E-state index is 13.1. The molecule has 0 atom stereocenters. The fraction of sp³-hybridized carbons (Fsp3) is 0.350. The number of carbonyl (C=O) groups excluding carboxylic acids is 1. The summed E-state index contributed by atoms with van der Waals surface area (Å²) in [6.07, 6.45) is 1.77. The van der Waals surface area contributed by atoms with E-state index >= 15 is 0 Å². The lowest BCUT2D eigenvalue weighted by molar-refractivity contribution is -0.136. The molecule has 1 saturated heterocycles. The van der Waals surface area contributed by atoms with Crippen molar-refractivity contribution in [3.05, 3.63) is 69.7 Å². The molecule has 1 amide bonds. The number of benzene rings is 2. The van der Waals surface area contributed by atoms with E-state index in [0.29, 0.717) is 10.0 Å². The number of amides is 1. The topological polar surface area (TPSA) is 32.3 Å². The quantitative estimate of drug-likeness (QED) is 0.768. The lowest BCUT2D eigenvalue weighted by atomic mass is 9.93. The van der Waals surface area contributed by atoms with Crippen LogP contribution in [0.5, 0.6) is 0 Å². The van der Waals surface area contributed by atoms with Crippen molar-refractivity contribution in [1.29, 1.82) is 0 Å². The molecule has 1 N–H and O–H groups in total. The van der Waals surface area contributed by atoms with Gasteiger partial charge in [0.25, 0.3) is 0 Å². The predicted octanol–water partition coefficient (Wildman–Crippen LogP) is 4.96. The summed E-state index contributed by atoms with van der Waals surface area (Å²) in [5.74, 6) is 0.268. The normalized spacial score (nSPS) is 14.8. The van der Waals surface area contributed by atoms with Gasteiger partial charge in [-0.3, -0.25) is 4.79 Å². The molecule has 0 aromatic heterocycles. The Morgan fingerprint density at radius 3 is 1.81 bits per heavy atom. The predicted molar refractivity (Wildman–Crippen MR) is 110 cm³/mol. The van der Waals surface area contributed by atoms with Crippen LogP contribution < -0.4 is 5.32 Å². The van der Waals surface area contributed by atoms with Crippen molar-refractivity contribution in [2.24, 2.45) is 5.92 Å². The number of hydrogen-bond acceptors (Lipinski definition) is 2. The molecule has 2 aromatic carbocycles. The molecule has 1 fully saturated rings. The fourth-order valence-corrected chi connectivity index (χ4v) is 3.67. The molecule has 0 spiro atoms. The van der Waals surface area contributed by atoms with Crippen LogP contribution in [0.25, 0.3) is 0 Å². The zero-order valence-corrected chi connectivity index (χ0v) is 16.9. The smallest absolute Gasteiger partial charge is 0.226 e. The molecule has 140 valence electrons. The summed E-state index contributed by atoms with van der Waals surface area (Å²) in [5.41, 5.74) is 2.08. The molecule has 1 aliphatic rings. The zero-order valence-electron chi connectivity index (χ0n) is 14.6. The Morgan fingerprint density at radius 2 is 1.38 bits per heavy atom. The molecule has 26 heavy (non-hydrogen) atoms. The first kappa shape index (κ1) is 21.0. The number of hydrogen-bond donors (Lipinski definition) is 1. The second-order valence-electron chi connectivity index (χ2n) is 6.48. The van der Waals surface area contributed by atoms with Crippen molar-refractivity contribution in [3.8, 4) is 0 Å². The van der Waals surface area contributed by atoms with Gasteiger partial charge in [-0.2, -0.15) is 0 Å². The number of halogens is 3. The molecule has 0 bridgehead atoms. The largest absolute Gasteiger partial charge is 0.334 e.